The second-order valence-corrected chi connectivity index (χ2v) is 9.79. The molecule has 0 radical (unpaired) electrons. The molecule has 0 fully saturated rings. The second kappa shape index (κ2) is 14.7. The van der Waals surface area contributed by atoms with Gasteiger partial charge in [-0.2, -0.15) is 0 Å². The molecule has 1 atom stereocenters. The van der Waals surface area contributed by atoms with Crippen LogP contribution in [0.3, 0.4) is 0 Å². The van der Waals surface area contributed by atoms with Gasteiger partial charge < -0.3 is 14.0 Å². The molecular formula is C29H44NO3+. The first-order valence-electron chi connectivity index (χ1n) is 12.7. The Hall–Kier alpha value is -2.33. The summed E-state index contributed by atoms with van der Waals surface area (Å²) < 4.78 is 12.0. The normalized spacial score (nSPS) is 12.4. The summed E-state index contributed by atoms with van der Waals surface area (Å²) in [5.41, 5.74) is 2.48. The van der Waals surface area contributed by atoms with Crippen molar-refractivity contribution in [2.24, 2.45) is 0 Å². The molecule has 2 rings (SSSR count). The predicted octanol–water partition coefficient (Wildman–Crippen LogP) is 6.91. The predicted molar refractivity (Wildman–Crippen MR) is 136 cm³/mol. The van der Waals surface area contributed by atoms with Gasteiger partial charge in [-0.05, 0) is 30.5 Å². The number of carbonyl (C=O) groups is 1. The number of carbonyl (C=O) groups excluding carboxylic acids is 1. The second-order valence-electron chi connectivity index (χ2n) is 9.79. The van der Waals surface area contributed by atoms with Gasteiger partial charge in [0.25, 0.3) is 0 Å². The number of quaternary nitrogens is 1. The zero-order chi connectivity index (χ0) is 23.9. The Balaban J connectivity index is 1.70. The minimum absolute atomic E-state index is 0.251. The van der Waals surface area contributed by atoms with Crippen molar-refractivity contribution < 1.29 is 18.8 Å². The first-order chi connectivity index (χ1) is 15.9. The summed E-state index contributed by atoms with van der Waals surface area (Å²) in [6.07, 6.45) is 11.0. The fourth-order valence-electron chi connectivity index (χ4n) is 4.16. The van der Waals surface area contributed by atoms with E-state index in [1.54, 1.807) is 6.92 Å². The molecule has 0 amide bonds. The summed E-state index contributed by atoms with van der Waals surface area (Å²) >= 11 is 0. The van der Waals surface area contributed by atoms with E-state index in [0.717, 1.165) is 18.7 Å². The van der Waals surface area contributed by atoms with Crippen LogP contribution < -0.4 is 4.74 Å². The Bertz CT molecular complexity index is 804. The Morgan fingerprint density at radius 3 is 2.18 bits per heavy atom. The maximum atomic E-state index is 12.5. The van der Waals surface area contributed by atoms with E-state index in [-0.39, 0.29) is 5.97 Å². The fraction of sp³-hybridized carbons (Fsp3) is 0.552. The minimum atomic E-state index is -0.618. The van der Waals surface area contributed by atoms with Crippen LogP contribution in [0.5, 0.6) is 5.75 Å². The highest BCUT2D eigenvalue weighted by Crippen LogP contribution is 2.18. The van der Waals surface area contributed by atoms with Crippen LogP contribution in [0.2, 0.25) is 0 Å². The smallest absolute Gasteiger partial charge is 0.364 e. The molecule has 0 aliphatic rings. The van der Waals surface area contributed by atoms with Crippen molar-refractivity contribution in [3.8, 4) is 5.75 Å². The van der Waals surface area contributed by atoms with Crippen LogP contribution in [0, 0.1) is 0 Å². The maximum absolute atomic E-state index is 12.5. The van der Waals surface area contributed by atoms with Gasteiger partial charge in [-0.1, -0.05) is 94.3 Å². The first-order valence-corrected chi connectivity index (χ1v) is 12.7. The summed E-state index contributed by atoms with van der Waals surface area (Å²) in [5.74, 6) is 0.504. The van der Waals surface area contributed by atoms with Crippen LogP contribution in [-0.2, 0) is 22.5 Å². The largest absolute Gasteiger partial charge is 0.455 e. The van der Waals surface area contributed by atoms with Gasteiger partial charge >= 0.3 is 5.97 Å². The Morgan fingerprint density at radius 2 is 1.48 bits per heavy atom. The molecular weight excluding hydrogens is 410 g/mol. The highest BCUT2D eigenvalue weighted by atomic mass is 16.7. The molecule has 0 bridgehead atoms. The van der Waals surface area contributed by atoms with Crippen molar-refractivity contribution in [2.75, 3.05) is 20.6 Å². The van der Waals surface area contributed by atoms with E-state index >= 15 is 0 Å². The lowest BCUT2D eigenvalue weighted by molar-refractivity contribution is -0.896. The van der Waals surface area contributed by atoms with Crippen molar-refractivity contribution in [3.05, 3.63) is 65.7 Å². The van der Waals surface area contributed by atoms with Gasteiger partial charge in [-0.15, -0.1) is 0 Å². The number of likely N-dealkylation sites (N-methyl/N-ethyl adjacent to an activating group) is 1. The van der Waals surface area contributed by atoms with E-state index in [1.807, 2.05) is 44.4 Å². The van der Waals surface area contributed by atoms with Crippen LogP contribution >= 0.6 is 0 Å². The number of benzene rings is 2. The minimum Gasteiger partial charge on any atom is -0.455 e. The summed E-state index contributed by atoms with van der Waals surface area (Å²) in [6, 6.07) is 18.4. The number of ether oxygens (including phenoxy) is 2. The van der Waals surface area contributed by atoms with Crippen molar-refractivity contribution in [1.29, 1.82) is 0 Å². The van der Waals surface area contributed by atoms with Gasteiger partial charge in [0, 0.05) is 12.5 Å². The van der Waals surface area contributed by atoms with E-state index in [4.69, 9.17) is 9.47 Å². The molecule has 0 N–H and O–H groups in total. The van der Waals surface area contributed by atoms with Crippen molar-refractivity contribution in [1.82, 2.24) is 0 Å². The third kappa shape index (κ3) is 11.9. The molecule has 4 nitrogen and oxygen atoms in total. The highest BCUT2D eigenvalue weighted by molar-refractivity contribution is 5.70. The lowest BCUT2D eigenvalue weighted by Gasteiger charge is -2.29. The van der Waals surface area contributed by atoms with Gasteiger partial charge in [0.05, 0.1) is 14.1 Å². The summed E-state index contributed by atoms with van der Waals surface area (Å²) in [5, 5.41) is 0. The molecule has 0 saturated heterocycles. The van der Waals surface area contributed by atoms with Gasteiger partial charge in [0.15, 0.2) is 6.54 Å². The molecule has 0 spiro atoms. The van der Waals surface area contributed by atoms with Crippen molar-refractivity contribution >= 4 is 5.97 Å². The Morgan fingerprint density at radius 1 is 0.848 bits per heavy atom. The third-order valence-electron chi connectivity index (χ3n) is 5.83. The molecule has 2 aromatic carbocycles. The number of nitrogens with zero attached hydrogens (tertiary/aromatic N) is 1. The SMILES string of the molecule is CCCCCCCCCCc1cccc(OC(C)OC(=O)C[N+](C)(C)Cc2ccccc2)c1. The number of hydrogen-bond donors (Lipinski definition) is 0. The van der Waals surface area contributed by atoms with E-state index in [9.17, 15) is 4.79 Å². The molecule has 0 heterocycles. The van der Waals surface area contributed by atoms with Gasteiger partial charge in [-0.25, -0.2) is 4.79 Å². The average Bonchev–Trinajstić information content (AvgIpc) is 2.75. The number of esters is 1. The number of unbranched alkanes of at least 4 members (excludes halogenated alkanes) is 7. The fourth-order valence-corrected chi connectivity index (χ4v) is 4.16. The Labute approximate surface area is 201 Å². The van der Waals surface area contributed by atoms with Crippen molar-refractivity contribution in [3.63, 3.8) is 0 Å². The lowest BCUT2D eigenvalue weighted by Crippen LogP contribution is -2.44. The maximum Gasteiger partial charge on any atom is 0.364 e. The van der Waals surface area contributed by atoms with E-state index in [1.165, 1.54) is 62.5 Å². The molecule has 2 aromatic rings. The first kappa shape index (κ1) is 26.9. The quantitative estimate of drug-likeness (QED) is 0.120. The van der Waals surface area contributed by atoms with Crippen molar-refractivity contribution in [2.45, 2.75) is 84.5 Å². The molecule has 0 aromatic heterocycles. The highest BCUT2D eigenvalue weighted by Gasteiger charge is 2.23. The molecule has 0 saturated carbocycles. The van der Waals surface area contributed by atoms with E-state index in [0.29, 0.717) is 11.0 Å². The van der Waals surface area contributed by atoms with E-state index < -0.39 is 6.29 Å². The van der Waals surface area contributed by atoms with Gasteiger partial charge in [-0.3, -0.25) is 0 Å². The number of aryl methyl sites for hydroxylation is 1. The van der Waals surface area contributed by atoms with Gasteiger partial charge in [0.2, 0.25) is 6.29 Å². The van der Waals surface area contributed by atoms with Crippen LogP contribution in [-0.4, -0.2) is 37.4 Å². The number of rotatable bonds is 16. The van der Waals surface area contributed by atoms with Crippen LogP contribution in [0.4, 0.5) is 0 Å². The molecule has 0 aliphatic carbocycles. The topological polar surface area (TPSA) is 35.5 Å². The summed E-state index contributed by atoms with van der Waals surface area (Å²) in [7, 11) is 4.07. The average molecular weight is 455 g/mol. The number of hydrogen-bond acceptors (Lipinski definition) is 3. The van der Waals surface area contributed by atoms with Crippen LogP contribution in [0.25, 0.3) is 0 Å². The molecule has 1 unspecified atom stereocenters. The van der Waals surface area contributed by atoms with Gasteiger partial charge in [0.1, 0.15) is 12.3 Å². The van der Waals surface area contributed by atoms with Crippen LogP contribution in [0.15, 0.2) is 54.6 Å². The zero-order valence-corrected chi connectivity index (χ0v) is 21.2. The standard InChI is InChI=1S/C29H44NO3/c1-5-6-7-8-9-10-11-13-17-26-20-16-21-28(22-26)32-25(2)33-29(31)24-30(3,4)23-27-18-14-12-15-19-27/h12,14-16,18-22,25H,5-11,13,17,23-24H2,1-4H3/q+1. The lowest BCUT2D eigenvalue weighted by atomic mass is 10.0. The molecule has 0 aliphatic heterocycles. The Kier molecular flexibility index (Phi) is 12.0. The molecule has 33 heavy (non-hydrogen) atoms. The zero-order valence-electron chi connectivity index (χ0n) is 21.2. The summed E-state index contributed by atoms with van der Waals surface area (Å²) in [6.45, 7) is 5.10. The molecule has 182 valence electrons. The summed E-state index contributed by atoms with van der Waals surface area (Å²) in [4.78, 5) is 12.5. The van der Waals surface area contributed by atoms with Crippen LogP contribution in [0.1, 0.15) is 76.3 Å². The monoisotopic (exact) mass is 454 g/mol. The van der Waals surface area contributed by atoms with E-state index in [2.05, 4.69) is 31.2 Å². The molecule has 4 heteroatoms. The third-order valence-corrected chi connectivity index (χ3v) is 5.83.